The van der Waals surface area contributed by atoms with Gasteiger partial charge in [0, 0.05) is 18.8 Å². The maximum Gasteiger partial charge on any atom is 0.191 e. The Hall–Kier alpha value is -0.850. The van der Waals surface area contributed by atoms with Crippen LogP contribution in [0.3, 0.4) is 0 Å². The van der Waals surface area contributed by atoms with E-state index in [0.29, 0.717) is 18.0 Å². The zero-order chi connectivity index (χ0) is 15.9. The first kappa shape index (κ1) is 21.1. The molecule has 2 N–H and O–H groups in total. The normalized spacial score (nSPS) is 13.3. The van der Waals surface area contributed by atoms with Crippen LogP contribution in [0, 0.1) is 12.3 Å². The van der Waals surface area contributed by atoms with Crippen molar-refractivity contribution >= 4 is 29.9 Å². The fraction of sp³-hybridized carbons (Fsp3) is 0.647. The molecule has 0 amide bonds. The number of hydrogen-bond acceptors (Lipinski definition) is 2. The van der Waals surface area contributed by atoms with Crippen LogP contribution in [0.1, 0.15) is 51.9 Å². The second-order valence-electron chi connectivity index (χ2n) is 6.84. The molecule has 0 bridgehead atoms. The lowest BCUT2D eigenvalue weighted by atomic mass is 9.89. The lowest BCUT2D eigenvalue weighted by molar-refractivity contribution is 0.346. The first-order valence-corrected chi connectivity index (χ1v) is 7.70. The molecule has 0 saturated heterocycles. The minimum atomic E-state index is 0. The molecule has 0 saturated carbocycles. The molecule has 1 unspecified atom stereocenters. The Balaban J connectivity index is 0.00000441. The maximum absolute atomic E-state index is 4.48. The van der Waals surface area contributed by atoms with E-state index in [1.807, 2.05) is 25.1 Å². The molecule has 22 heavy (non-hydrogen) atoms. The fourth-order valence-electron chi connectivity index (χ4n) is 2.02. The van der Waals surface area contributed by atoms with E-state index < -0.39 is 0 Å². The number of pyridine rings is 1. The van der Waals surface area contributed by atoms with Crippen LogP contribution in [0.2, 0.25) is 0 Å². The van der Waals surface area contributed by atoms with E-state index in [0.717, 1.165) is 23.8 Å². The third kappa shape index (κ3) is 9.23. The number of halogens is 1. The first-order chi connectivity index (χ1) is 9.80. The van der Waals surface area contributed by atoms with Gasteiger partial charge in [0.1, 0.15) is 0 Å². The largest absolute Gasteiger partial charge is 0.354 e. The Kier molecular flexibility index (Phi) is 9.64. The molecule has 0 aliphatic heterocycles. The molecule has 0 fully saturated rings. The summed E-state index contributed by atoms with van der Waals surface area (Å²) in [5.41, 5.74) is 2.44. The summed E-state index contributed by atoms with van der Waals surface area (Å²) in [5.74, 6) is 0.833. The summed E-state index contributed by atoms with van der Waals surface area (Å²) in [7, 11) is 1.80. The summed E-state index contributed by atoms with van der Waals surface area (Å²) in [4.78, 5) is 8.76. The molecule has 1 heterocycles. The molecule has 0 aliphatic rings. The Bertz CT molecular complexity index is 466. The minimum Gasteiger partial charge on any atom is -0.354 e. The molecule has 1 aromatic rings. The van der Waals surface area contributed by atoms with Crippen LogP contribution in [-0.4, -0.2) is 24.0 Å². The highest BCUT2D eigenvalue weighted by atomic mass is 127. The number of rotatable bonds is 5. The van der Waals surface area contributed by atoms with Gasteiger partial charge < -0.3 is 10.6 Å². The van der Waals surface area contributed by atoms with Crippen molar-refractivity contribution in [3.8, 4) is 0 Å². The number of nitrogens with zero attached hydrogens (tertiary/aromatic N) is 2. The van der Waals surface area contributed by atoms with Crippen LogP contribution < -0.4 is 10.6 Å². The van der Waals surface area contributed by atoms with E-state index in [2.05, 4.69) is 48.3 Å². The van der Waals surface area contributed by atoms with Gasteiger partial charge in [-0.05, 0) is 44.2 Å². The summed E-state index contributed by atoms with van der Waals surface area (Å²) < 4.78 is 0. The SMILES string of the molecule is CN=C(NCc1cccc(C)n1)NC(C)CCC(C)(C)C.I. The van der Waals surface area contributed by atoms with Gasteiger partial charge in [0.2, 0.25) is 0 Å². The molecule has 0 radical (unpaired) electrons. The highest BCUT2D eigenvalue weighted by Gasteiger charge is 2.13. The number of hydrogen-bond donors (Lipinski definition) is 2. The van der Waals surface area contributed by atoms with Gasteiger partial charge in [-0.1, -0.05) is 26.8 Å². The Morgan fingerprint density at radius 3 is 2.55 bits per heavy atom. The molecular formula is C17H31IN4. The third-order valence-electron chi connectivity index (χ3n) is 3.32. The van der Waals surface area contributed by atoms with Crippen LogP contribution in [0.25, 0.3) is 0 Å². The number of nitrogens with one attached hydrogen (secondary N) is 2. The molecule has 0 aliphatic carbocycles. The van der Waals surface area contributed by atoms with E-state index in [1.165, 1.54) is 6.42 Å². The lowest BCUT2D eigenvalue weighted by Gasteiger charge is -2.23. The summed E-state index contributed by atoms with van der Waals surface area (Å²) >= 11 is 0. The predicted molar refractivity (Wildman–Crippen MR) is 106 cm³/mol. The lowest BCUT2D eigenvalue weighted by Crippen LogP contribution is -2.42. The van der Waals surface area contributed by atoms with Crippen molar-refractivity contribution in [3.63, 3.8) is 0 Å². The molecule has 1 atom stereocenters. The van der Waals surface area contributed by atoms with Gasteiger partial charge in [0.25, 0.3) is 0 Å². The zero-order valence-corrected chi connectivity index (χ0v) is 17.1. The number of aliphatic imine (C=N–C) groups is 1. The number of aryl methyl sites for hydroxylation is 1. The van der Waals surface area contributed by atoms with Crippen LogP contribution in [0.15, 0.2) is 23.2 Å². The molecule has 0 aromatic carbocycles. The summed E-state index contributed by atoms with van der Waals surface area (Å²) in [5, 5.41) is 6.75. The van der Waals surface area contributed by atoms with Crippen molar-refractivity contribution in [1.82, 2.24) is 15.6 Å². The van der Waals surface area contributed by atoms with Crippen LogP contribution in [-0.2, 0) is 6.54 Å². The Labute approximate surface area is 152 Å². The van der Waals surface area contributed by atoms with E-state index in [9.17, 15) is 0 Å². The minimum absolute atomic E-state index is 0. The monoisotopic (exact) mass is 418 g/mol. The summed E-state index contributed by atoms with van der Waals surface area (Å²) in [6.45, 7) is 11.7. The average Bonchev–Trinajstić information content (AvgIpc) is 2.40. The van der Waals surface area contributed by atoms with Crippen LogP contribution >= 0.6 is 24.0 Å². The Morgan fingerprint density at radius 1 is 1.32 bits per heavy atom. The summed E-state index contributed by atoms with van der Waals surface area (Å²) in [6, 6.07) is 6.46. The third-order valence-corrected chi connectivity index (χ3v) is 3.32. The van der Waals surface area contributed by atoms with Gasteiger partial charge in [0.15, 0.2) is 5.96 Å². The molecule has 0 spiro atoms. The van der Waals surface area contributed by atoms with E-state index in [4.69, 9.17) is 0 Å². The van der Waals surface area contributed by atoms with Crippen molar-refractivity contribution in [2.24, 2.45) is 10.4 Å². The highest BCUT2D eigenvalue weighted by molar-refractivity contribution is 14.0. The van der Waals surface area contributed by atoms with Crippen molar-refractivity contribution < 1.29 is 0 Å². The standard InChI is InChI=1S/C17H30N4.HI/c1-13-8-7-9-15(20-13)12-19-16(18-6)21-14(2)10-11-17(3,4)5;/h7-9,14H,10-12H2,1-6H3,(H2,18,19,21);1H. The molecule has 1 aromatic heterocycles. The second kappa shape index (κ2) is 10.0. The van der Waals surface area contributed by atoms with Crippen molar-refractivity contribution in [2.75, 3.05) is 7.05 Å². The van der Waals surface area contributed by atoms with Crippen molar-refractivity contribution in [2.45, 2.75) is 60.0 Å². The molecule has 126 valence electrons. The quantitative estimate of drug-likeness (QED) is 0.434. The van der Waals surface area contributed by atoms with E-state index in [-0.39, 0.29) is 24.0 Å². The van der Waals surface area contributed by atoms with E-state index in [1.54, 1.807) is 7.05 Å². The second-order valence-corrected chi connectivity index (χ2v) is 6.84. The predicted octanol–water partition coefficient (Wildman–Crippen LogP) is 3.89. The van der Waals surface area contributed by atoms with Gasteiger partial charge >= 0.3 is 0 Å². The highest BCUT2D eigenvalue weighted by Crippen LogP contribution is 2.21. The first-order valence-electron chi connectivity index (χ1n) is 7.70. The van der Waals surface area contributed by atoms with Crippen molar-refractivity contribution in [3.05, 3.63) is 29.6 Å². The Morgan fingerprint density at radius 2 is 2.00 bits per heavy atom. The maximum atomic E-state index is 4.48. The molecular weight excluding hydrogens is 387 g/mol. The summed E-state index contributed by atoms with van der Waals surface area (Å²) in [6.07, 6.45) is 2.32. The number of aromatic nitrogens is 1. The smallest absolute Gasteiger partial charge is 0.191 e. The fourth-order valence-corrected chi connectivity index (χ4v) is 2.02. The molecule has 1 rings (SSSR count). The van der Waals surface area contributed by atoms with Gasteiger partial charge in [-0.2, -0.15) is 0 Å². The van der Waals surface area contributed by atoms with Crippen LogP contribution in [0.5, 0.6) is 0 Å². The van der Waals surface area contributed by atoms with Gasteiger partial charge in [0.05, 0.1) is 12.2 Å². The topological polar surface area (TPSA) is 49.3 Å². The van der Waals surface area contributed by atoms with Gasteiger partial charge in [-0.3, -0.25) is 9.98 Å². The van der Waals surface area contributed by atoms with Crippen molar-refractivity contribution in [1.29, 1.82) is 0 Å². The number of guanidine groups is 1. The van der Waals surface area contributed by atoms with E-state index >= 15 is 0 Å². The average molecular weight is 418 g/mol. The molecule has 5 heteroatoms. The molecule has 4 nitrogen and oxygen atoms in total. The van der Waals surface area contributed by atoms with Gasteiger partial charge in [-0.25, -0.2) is 0 Å². The van der Waals surface area contributed by atoms with Gasteiger partial charge in [-0.15, -0.1) is 24.0 Å². The van der Waals surface area contributed by atoms with Crippen LogP contribution in [0.4, 0.5) is 0 Å². The zero-order valence-electron chi connectivity index (χ0n) is 14.7.